The van der Waals surface area contributed by atoms with Crippen molar-refractivity contribution in [2.75, 3.05) is 7.11 Å². The van der Waals surface area contributed by atoms with Gasteiger partial charge in [-0.2, -0.15) is 0 Å². The Kier molecular flexibility index (Phi) is 5.67. The first-order valence-electron chi connectivity index (χ1n) is 8.02. The van der Waals surface area contributed by atoms with Crippen LogP contribution in [0.3, 0.4) is 0 Å². The van der Waals surface area contributed by atoms with Crippen LogP contribution in [0.4, 0.5) is 0 Å². The van der Waals surface area contributed by atoms with E-state index in [1.165, 1.54) is 0 Å². The summed E-state index contributed by atoms with van der Waals surface area (Å²) in [5.74, 6) is 0.752. The van der Waals surface area contributed by atoms with Gasteiger partial charge in [-0.25, -0.2) is 13.1 Å². The Labute approximate surface area is 144 Å². The molecule has 4 nitrogen and oxygen atoms in total. The van der Waals surface area contributed by atoms with Gasteiger partial charge < -0.3 is 4.74 Å². The van der Waals surface area contributed by atoms with E-state index in [0.29, 0.717) is 11.3 Å². The number of rotatable bonds is 6. The second-order valence-electron chi connectivity index (χ2n) is 6.08. The molecule has 0 saturated carbocycles. The fourth-order valence-corrected chi connectivity index (χ4v) is 4.82. The summed E-state index contributed by atoms with van der Waals surface area (Å²) in [7, 11) is -1.99. The molecule has 0 amide bonds. The van der Waals surface area contributed by atoms with Crippen molar-refractivity contribution in [1.29, 1.82) is 0 Å². The van der Waals surface area contributed by atoms with Gasteiger partial charge in [0, 0.05) is 6.04 Å². The first kappa shape index (κ1) is 18.5. The largest absolute Gasteiger partial charge is 0.497 e. The molecule has 0 saturated heterocycles. The first-order valence-corrected chi connectivity index (χ1v) is 9.51. The average molecular weight is 347 g/mol. The highest BCUT2D eigenvalue weighted by molar-refractivity contribution is 7.89. The van der Waals surface area contributed by atoms with Gasteiger partial charge in [0.1, 0.15) is 5.75 Å². The van der Waals surface area contributed by atoms with Crippen molar-refractivity contribution >= 4 is 10.0 Å². The number of hydrogen-bond donors (Lipinski definition) is 1. The molecule has 5 heteroatoms. The molecule has 0 fully saturated rings. The van der Waals surface area contributed by atoms with Gasteiger partial charge in [-0.15, -0.1) is 0 Å². The predicted octanol–water partition coefficient (Wildman–Crippen LogP) is 4.05. The van der Waals surface area contributed by atoms with Crippen molar-refractivity contribution in [3.63, 3.8) is 0 Å². The highest BCUT2D eigenvalue weighted by Crippen LogP contribution is 2.26. The topological polar surface area (TPSA) is 55.4 Å². The molecule has 2 aromatic carbocycles. The minimum atomic E-state index is -3.59. The number of sulfonamides is 1. The maximum Gasteiger partial charge on any atom is 0.241 e. The molecule has 0 unspecified atom stereocenters. The maximum absolute atomic E-state index is 12.9. The third kappa shape index (κ3) is 3.97. The fraction of sp³-hybridized carbons (Fsp3) is 0.368. The van der Waals surface area contributed by atoms with Crippen molar-refractivity contribution in [2.24, 2.45) is 0 Å². The summed E-state index contributed by atoms with van der Waals surface area (Å²) in [5, 5.41) is 0. The molecule has 0 spiro atoms. The molecular formula is C19H25NO3S. The molecular weight excluding hydrogens is 322 g/mol. The van der Waals surface area contributed by atoms with Crippen molar-refractivity contribution in [3.8, 4) is 5.75 Å². The van der Waals surface area contributed by atoms with E-state index in [9.17, 15) is 8.42 Å². The monoisotopic (exact) mass is 347 g/mol. The Hall–Kier alpha value is -1.85. The summed E-state index contributed by atoms with van der Waals surface area (Å²) in [6.07, 6.45) is 0.662. The SMILES string of the molecule is CC[C@@H](NS(=O)(=O)c1c(C)cc(C)cc1C)c1ccc(OC)cc1. The van der Waals surface area contributed by atoms with Crippen molar-refractivity contribution in [3.05, 3.63) is 58.7 Å². The number of ether oxygens (including phenoxy) is 1. The second-order valence-corrected chi connectivity index (χ2v) is 7.73. The van der Waals surface area contributed by atoms with Crippen LogP contribution < -0.4 is 9.46 Å². The normalized spacial score (nSPS) is 12.9. The highest BCUT2D eigenvalue weighted by Gasteiger charge is 2.24. The van der Waals surface area contributed by atoms with Crippen LogP contribution >= 0.6 is 0 Å². The number of benzene rings is 2. The Morgan fingerprint density at radius 2 is 1.58 bits per heavy atom. The van der Waals surface area contributed by atoms with E-state index < -0.39 is 10.0 Å². The Balaban J connectivity index is 2.35. The van der Waals surface area contributed by atoms with Gasteiger partial charge in [0.25, 0.3) is 0 Å². The molecule has 0 radical (unpaired) electrons. The van der Waals surface area contributed by atoms with Gasteiger partial charge in [-0.05, 0) is 56.0 Å². The van der Waals surface area contributed by atoms with E-state index in [1.54, 1.807) is 7.11 Å². The van der Waals surface area contributed by atoms with Crippen LogP contribution in [0, 0.1) is 20.8 Å². The molecule has 1 N–H and O–H groups in total. The number of nitrogens with one attached hydrogen (secondary N) is 1. The lowest BCUT2D eigenvalue weighted by Crippen LogP contribution is -2.29. The van der Waals surface area contributed by atoms with Gasteiger partial charge in [0.2, 0.25) is 10.0 Å². The molecule has 0 aliphatic heterocycles. The third-order valence-corrected chi connectivity index (χ3v) is 5.87. The summed E-state index contributed by atoms with van der Waals surface area (Å²) >= 11 is 0. The summed E-state index contributed by atoms with van der Waals surface area (Å²) in [4.78, 5) is 0.375. The van der Waals surface area contributed by atoms with Crippen LogP contribution in [0.1, 0.15) is 41.6 Å². The van der Waals surface area contributed by atoms with Crippen molar-refractivity contribution < 1.29 is 13.2 Å². The molecule has 0 aliphatic carbocycles. The van der Waals surface area contributed by atoms with E-state index >= 15 is 0 Å². The number of hydrogen-bond acceptors (Lipinski definition) is 3. The van der Waals surface area contributed by atoms with E-state index in [0.717, 1.165) is 28.0 Å². The van der Waals surface area contributed by atoms with Crippen LogP contribution in [0.25, 0.3) is 0 Å². The van der Waals surface area contributed by atoms with Gasteiger partial charge in [-0.1, -0.05) is 36.8 Å². The van der Waals surface area contributed by atoms with Gasteiger partial charge in [0.15, 0.2) is 0 Å². The summed E-state index contributed by atoms with van der Waals surface area (Å²) in [5.41, 5.74) is 3.52. The zero-order chi connectivity index (χ0) is 17.9. The molecule has 1 atom stereocenters. The first-order chi connectivity index (χ1) is 11.3. The third-order valence-electron chi connectivity index (χ3n) is 4.10. The van der Waals surface area contributed by atoms with E-state index in [1.807, 2.05) is 64.1 Å². The Morgan fingerprint density at radius 1 is 1.04 bits per heavy atom. The number of aryl methyl sites for hydroxylation is 3. The molecule has 0 bridgehead atoms. The van der Waals surface area contributed by atoms with E-state index in [-0.39, 0.29) is 6.04 Å². The standard InChI is InChI=1S/C19H25NO3S/c1-6-18(16-7-9-17(23-5)10-8-16)20-24(21,22)19-14(3)11-13(2)12-15(19)4/h7-12,18,20H,6H2,1-5H3/t18-/m1/s1. The quantitative estimate of drug-likeness (QED) is 0.858. The highest BCUT2D eigenvalue weighted by atomic mass is 32.2. The minimum absolute atomic E-state index is 0.277. The van der Waals surface area contributed by atoms with E-state index in [4.69, 9.17) is 4.74 Å². The molecule has 0 aliphatic rings. The molecule has 2 rings (SSSR count). The maximum atomic E-state index is 12.9. The van der Waals surface area contributed by atoms with Crippen LogP contribution in [-0.4, -0.2) is 15.5 Å². The summed E-state index contributed by atoms with van der Waals surface area (Å²) < 4.78 is 33.8. The van der Waals surface area contributed by atoms with Crippen LogP contribution in [-0.2, 0) is 10.0 Å². The van der Waals surface area contributed by atoms with Gasteiger partial charge >= 0.3 is 0 Å². The van der Waals surface area contributed by atoms with Crippen molar-refractivity contribution in [2.45, 2.75) is 45.1 Å². The zero-order valence-corrected chi connectivity index (χ0v) is 15.7. The lowest BCUT2D eigenvalue weighted by Gasteiger charge is -2.20. The Bertz CT molecular complexity index is 788. The molecule has 0 heterocycles. The Morgan fingerprint density at radius 3 is 2.04 bits per heavy atom. The number of methoxy groups -OCH3 is 1. The predicted molar refractivity (Wildman–Crippen MR) is 97.0 cm³/mol. The van der Waals surface area contributed by atoms with Gasteiger partial charge in [0.05, 0.1) is 12.0 Å². The fourth-order valence-electron chi connectivity index (χ4n) is 3.06. The summed E-state index contributed by atoms with van der Waals surface area (Å²) in [6, 6.07) is 11.0. The van der Waals surface area contributed by atoms with Gasteiger partial charge in [-0.3, -0.25) is 0 Å². The molecule has 0 aromatic heterocycles. The lowest BCUT2D eigenvalue weighted by molar-refractivity contribution is 0.414. The summed E-state index contributed by atoms with van der Waals surface area (Å²) in [6.45, 7) is 7.61. The molecule has 24 heavy (non-hydrogen) atoms. The smallest absolute Gasteiger partial charge is 0.241 e. The lowest BCUT2D eigenvalue weighted by atomic mass is 10.1. The minimum Gasteiger partial charge on any atom is -0.497 e. The zero-order valence-electron chi connectivity index (χ0n) is 14.9. The van der Waals surface area contributed by atoms with Crippen LogP contribution in [0.2, 0.25) is 0 Å². The van der Waals surface area contributed by atoms with Crippen LogP contribution in [0.15, 0.2) is 41.3 Å². The van der Waals surface area contributed by atoms with Crippen LogP contribution in [0.5, 0.6) is 5.75 Å². The van der Waals surface area contributed by atoms with E-state index in [2.05, 4.69) is 4.72 Å². The average Bonchev–Trinajstić information content (AvgIpc) is 2.51. The second kappa shape index (κ2) is 7.36. The molecule has 2 aromatic rings. The van der Waals surface area contributed by atoms with Crippen molar-refractivity contribution in [1.82, 2.24) is 4.72 Å². The molecule has 130 valence electrons.